The summed E-state index contributed by atoms with van der Waals surface area (Å²) in [5.74, 6) is -0.478. The van der Waals surface area contributed by atoms with E-state index in [2.05, 4.69) is 5.32 Å². The first kappa shape index (κ1) is 19.9. The van der Waals surface area contributed by atoms with E-state index in [-0.39, 0.29) is 24.0 Å². The van der Waals surface area contributed by atoms with Crippen LogP contribution in [0.15, 0.2) is 70.0 Å². The lowest BCUT2D eigenvalue weighted by atomic mass is 10.1. The van der Waals surface area contributed by atoms with Crippen LogP contribution in [0.1, 0.15) is 27.2 Å². The zero-order valence-corrected chi connectivity index (χ0v) is 16.9. The van der Waals surface area contributed by atoms with Crippen molar-refractivity contribution in [1.29, 1.82) is 0 Å². The van der Waals surface area contributed by atoms with E-state index in [1.54, 1.807) is 49.4 Å². The van der Waals surface area contributed by atoms with Gasteiger partial charge in [-0.2, -0.15) is 0 Å². The molecule has 0 aliphatic heterocycles. The molecule has 0 aliphatic carbocycles. The van der Waals surface area contributed by atoms with Gasteiger partial charge in [-0.15, -0.1) is 0 Å². The van der Waals surface area contributed by atoms with Gasteiger partial charge in [-0.25, -0.2) is 4.39 Å². The van der Waals surface area contributed by atoms with E-state index in [0.29, 0.717) is 21.9 Å². The molecule has 4 aromatic rings. The van der Waals surface area contributed by atoms with E-state index in [0.717, 1.165) is 5.56 Å². The molecule has 0 aliphatic rings. The summed E-state index contributed by atoms with van der Waals surface area (Å²) in [5, 5.41) is 3.55. The molecule has 152 valence electrons. The van der Waals surface area contributed by atoms with Gasteiger partial charge in [0.2, 0.25) is 0 Å². The summed E-state index contributed by atoms with van der Waals surface area (Å²) in [5.41, 5.74) is 1.29. The summed E-state index contributed by atoms with van der Waals surface area (Å²) in [6.07, 6.45) is 1.54. The number of furan rings is 1. The van der Waals surface area contributed by atoms with Gasteiger partial charge in [0.25, 0.3) is 11.5 Å². The Kier molecular flexibility index (Phi) is 5.42. The summed E-state index contributed by atoms with van der Waals surface area (Å²) < 4.78 is 21.0. The summed E-state index contributed by atoms with van der Waals surface area (Å²) in [4.78, 5) is 25.9. The van der Waals surface area contributed by atoms with Gasteiger partial charge < -0.3 is 14.3 Å². The molecule has 0 saturated heterocycles. The topological polar surface area (TPSA) is 64.2 Å². The van der Waals surface area contributed by atoms with Gasteiger partial charge in [0.15, 0.2) is 0 Å². The Balaban J connectivity index is 1.67. The second-order valence-corrected chi connectivity index (χ2v) is 7.36. The van der Waals surface area contributed by atoms with Crippen molar-refractivity contribution in [3.63, 3.8) is 0 Å². The lowest BCUT2D eigenvalue weighted by molar-refractivity contribution is 0.0950. The van der Waals surface area contributed by atoms with Crippen LogP contribution in [0, 0.1) is 12.7 Å². The predicted molar refractivity (Wildman–Crippen MR) is 113 cm³/mol. The average molecular weight is 425 g/mol. The molecule has 0 unspecified atom stereocenters. The Morgan fingerprint density at radius 1 is 1.17 bits per heavy atom. The van der Waals surface area contributed by atoms with Crippen LogP contribution >= 0.6 is 11.6 Å². The highest BCUT2D eigenvalue weighted by Gasteiger charge is 2.22. The molecular weight excluding hydrogens is 407 g/mol. The Hall–Kier alpha value is -3.38. The van der Waals surface area contributed by atoms with Crippen LogP contribution < -0.4 is 10.9 Å². The zero-order chi connectivity index (χ0) is 21.3. The molecule has 5 nitrogen and oxygen atoms in total. The number of amides is 1. The molecule has 4 rings (SSSR count). The number of fused-ring (bicyclic) bond motifs is 1. The highest BCUT2D eigenvalue weighted by atomic mass is 35.5. The fourth-order valence-corrected chi connectivity index (χ4v) is 3.60. The molecule has 0 atom stereocenters. The minimum absolute atomic E-state index is 0.0508. The number of benzene rings is 2. The first-order chi connectivity index (χ1) is 14.4. The molecule has 2 heterocycles. The maximum Gasteiger partial charge on any atom is 0.262 e. The fourth-order valence-electron chi connectivity index (χ4n) is 3.39. The van der Waals surface area contributed by atoms with Gasteiger partial charge in [-0.1, -0.05) is 41.9 Å². The third-order valence-corrected chi connectivity index (χ3v) is 5.09. The van der Waals surface area contributed by atoms with Crippen LogP contribution in [0.5, 0.6) is 0 Å². The normalized spacial score (nSPS) is 11.0. The number of hydrogen-bond acceptors (Lipinski definition) is 3. The van der Waals surface area contributed by atoms with Gasteiger partial charge in [-0.05, 0) is 36.8 Å². The summed E-state index contributed by atoms with van der Waals surface area (Å²) in [6.45, 7) is 1.94. The largest absolute Gasteiger partial charge is 0.460 e. The van der Waals surface area contributed by atoms with Crippen LogP contribution in [0.3, 0.4) is 0 Å². The van der Waals surface area contributed by atoms with Crippen LogP contribution in [-0.4, -0.2) is 10.5 Å². The molecule has 2 aromatic carbocycles. The van der Waals surface area contributed by atoms with Crippen molar-refractivity contribution in [1.82, 2.24) is 9.88 Å². The minimum atomic E-state index is -0.424. The molecule has 1 amide bonds. The minimum Gasteiger partial charge on any atom is -0.460 e. The van der Waals surface area contributed by atoms with Crippen molar-refractivity contribution in [2.45, 2.75) is 20.0 Å². The smallest absolute Gasteiger partial charge is 0.262 e. The summed E-state index contributed by atoms with van der Waals surface area (Å²) in [7, 11) is 0. The van der Waals surface area contributed by atoms with Crippen LogP contribution in [0.25, 0.3) is 11.0 Å². The number of carbonyl (C=O) groups excluding carboxylic acids is 1. The quantitative estimate of drug-likeness (QED) is 0.506. The number of aryl methyl sites for hydroxylation is 1. The molecular formula is C23H18ClFN2O3. The molecule has 0 saturated carbocycles. The Bertz CT molecular complexity index is 1310. The third kappa shape index (κ3) is 3.86. The number of rotatable bonds is 5. The van der Waals surface area contributed by atoms with Gasteiger partial charge >= 0.3 is 0 Å². The van der Waals surface area contributed by atoms with E-state index in [9.17, 15) is 14.0 Å². The Morgan fingerprint density at radius 3 is 2.73 bits per heavy atom. The van der Waals surface area contributed by atoms with Gasteiger partial charge in [-0.3, -0.25) is 9.59 Å². The Morgan fingerprint density at radius 2 is 1.97 bits per heavy atom. The van der Waals surface area contributed by atoms with Crippen molar-refractivity contribution in [3.8, 4) is 0 Å². The third-order valence-electron chi connectivity index (χ3n) is 4.86. The number of aromatic nitrogens is 1. The SMILES string of the molecule is Cc1oc2ccn(Cc3ccccc3F)c(=O)c2c1C(=O)NCc1cccc(Cl)c1. The van der Waals surface area contributed by atoms with Crippen LogP contribution in [-0.2, 0) is 13.1 Å². The highest BCUT2D eigenvalue weighted by Crippen LogP contribution is 2.23. The number of nitrogens with one attached hydrogen (secondary N) is 1. The molecule has 2 aromatic heterocycles. The summed E-state index contributed by atoms with van der Waals surface area (Å²) >= 11 is 5.98. The van der Waals surface area contributed by atoms with Crippen molar-refractivity contribution >= 4 is 28.5 Å². The van der Waals surface area contributed by atoms with Crippen LogP contribution in [0.4, 0.5) is 4.39 Å². The Labute approximate surface area is 176 Å². The number of halogens is 2. The fraction of sp³-hybridized carbons (Fsp3) is 0.130. The van der Waals surface area contributed by atoms with Crippen molar-refractivity contribution in [2.24, 2.45) is 0 Å². The predicted octanol–water partition coefficient (Wildman–Crippen LogP) is 4.67. The van der Waals surface area contributed by atoms with Gasteiger partial charge in [0.05, 0.1) is 17.5 Å². The van der Waals surface area contributed by atoms with E-state index in [1.165, 1.54) is 16.8 Å². The van der Waals surface area contributed by atoms with Crippen LogP contribution in [0.2, 0.25) is 5.02 Å². The van der Waals surface area contributed by atoms with Gasteiger partial charge in [0, 0.05) is 23.3 Å². The molecule has 1 N–H and O–H groups in total. The number of nitrogens with zero attached hydrogens (tertiary/aromatic N) is 1. The molecule has 7 heteroatoms. The average Bonchev–Trinajstić information content (AvgIpc) is 3.07. The van der Waals surface area contributed by atoms with E-state index < -0.39 is 17.3 Å². The van der Waals surface area contributed by atoms with Crippen molar-refractivity contribution < 1.29 is 13.6 Å². The molecule has 30 heavy (non-hydrogen) atoms. The highest BCUT2D eigenvalue weighted by molar-refractivity contribution is 6.30. The van der Waals surface area contributed by atoms with E-state index in [4.69, 9.17) is 16.0 Å². The van der Waals surface area contributed by atoms with Gasteiger partial charge in [0.1, 0.15) is 17.2 Å². The summed E-state index contributed by atoms with van der Waals surface area (Å²) in [6, 6.07) is 15.0. The van der Waals surface area contributed by atoms with E-state index in [1.807, 2.05) is 6.07 Å². The second kappa shape index (κ2) is 8.16. The molecule has 0 fully saturated rings. The van der Waals surface area contributed by atoms with Crippen molar-refractivity contribution in [3.05, 3.63) is 104 Å². The molecule has 0 spiro atoms. The number of carbonyl (C=O) groups is 1. The van der Waals surface area contributed by atoms with E-state index >= 15 is 0 Å². The first-order valence-corrected chi connectivity index (χ1v) is 9.70. The lowest BCUT2D eigenvalue weighted by Crippen LogP contribution is -2.26. The molecule has 0 bridgehead atoms. The standard InChI is InChI=1S/C23H18ClFN2O3/c1-14-20(22(28)26-12-15-5-4-7-17(24)11-15)21-19(30-14)9-10-27(23(21)29)13-16-6-2-3-8-18(16)25/h2-11H,12-13H2,1H3,(H,26,28). The number of pyridine rings is 1. The molecule has 0 radical (unpaired) electrons. The number of hydrogen-bond donors (Lipinski definition) is 1. The second-order valence-electron chi connectivity index (χ2n) is 6.93. The zero-order valence-electron chi connectivity index (χ0n) is 16.1. The first-order valence-electron chi connectivity index (χ1n) is 9.32. The lowest BCUT2D eigenvalue weighted by Gasteiger charge is -2.08. The maximum atomic E-state index is 14.0. The monoisotopic (exact) mass is 424 g/mol. The maximum absolute atomic E-state index is 14.0. The van der Waals surface area contributed by atoms with Crippen molar-refractivity contribution in [2.75, 3.05) is 0 Å².